The van der Waals surface area contributed by atoms with Crippen molar-refractivity contribution in [2.24, 2.45) is 10.8 Å². The summed E-state index contributed by atoms with van der Waals surface area (Å²) in [5.41, 5.74) is 1.04. The number of aliphatic hydroxyl groups excluding tert-OH is 1. The zero-order chi connectivity index (χ0) is 24.7. The highest BCUT2D eigenvalue weighted by atomic mass is 32.0. The Morgan fingerprint density at radius 1 is 0.758 bits per heavy atom. The van der Waals surface area contributed by atoms with Crippen LogP contribution in [0.25, 0.3) is 0 Å². The van der Waals surface area contributed by atoms with Gasteiger partial charge in [-0.05, 0) is 49.9 Å². The van der Waals surface area contributed by atoms with Crippen LogP contribution in [0.4, 0.5) is 0 Å². The van der Waals surface area contributed by atoms with E-state index in [0.29, 0.717) is 16.8 Å². The number of allylic oxidation sites excluding steroid dienone is 3. The van der Waals surface area contributed by atoms with Crippen LogP contribution in [-0.4, -0.2) is 16.9 Å². The SMILES string of the molecule is CCCCCCCCCPP1C(C(C)(C)CCCCC)=C(O)C=CC1C(C)(C)CCCCC. The molecule has 0 bridgehead atoms. The lowest BCUT2D eigenvalue weighted by molar-refractivity contribution is 0.324. The van der Waals surface area contributed by atoms with Crippen molar-refractivity contribution in [1.82, 2.24) is 0 Å². The molecule has 0 saturated carbocycles. The summed E-state index contributed by atoms with van der Waals surface area (Å²) in [6.45, 7) is 16.8. The molecule has 194 valence electrons. The molecule has 0 amide bonds. The van der Waals surface area contributed by atoms with Gasteiger partial charge in [-0.1, -0.05) is 140 Å². The second-order valence-corrected chi connectivity index (χ2v) is 16.7. The van der Waals surface area contributed by atoms with Crippen molar-refractivity contribution in [3.8, 4) is 0 Å². The molecule has 1 heterocycles. The topological polar surface area (TPSA) is 20.2 Å². The molecule has 0 radical (unpaired) electrons. The van der Waals surface area contributed by atoms with Crippen LogP contribution in [0, 0.1) is 10.8 Å². The minimum atomic E-state index is -0.315. The van der Waals surface area contributed by atoms with Gasteiger partial charge in [0.25, 0.3) is 0 Å². The highest BCUT2D eigenvalue weighted by Gasteiger charge is 2.42. The summed E-state index contributed by atoms with van der Waals surface area (Å²) < 4.78 is 0. The Labute approximate surface area is 211 Å². The molecule has 1 aliphatic rings. The smallest absolute Gasteiger partial charge is 0.119 e. The van der Waals surface area contributed by atoms with E-state index >= 15 is 0 Å². The molecule has 0 aromatic heterocycles. The van der Waals surface area contributed by atoms with Gasteiger partial charge >= 0.3 is 0 Å². The fraction of sp³-hybridized carbons (Fsp3) is 0.867. The lowest BCUT2D eigenvalue weighted by Gasteiger charge is -2.45. The van der Waals surface area contributed by atoms with Gasteiger partial charge in [0.05, 0.1) is 0 Å². The minimum absolute atomic E-state index is 0.112. The maximum Gasteiger partial charge on any atom is 0.119 e. The Bertz CT molecular complexity index is 576. The Morgan fingerprint density at radius 2 is 1.27 bits per heavy atom. The molecular weight excluding hydrogens is 438 g/mol. The molecule has 3 unspecified atom stereocenters. The van der Waals surface area contributed by atoms with Crippen molar-refractivity contribution in [2.45, 2.75) is 150 Å². The first-order valence-electron chi connectivity index (χ1n) is 14.4. The first-order valence-corrected chi connectivity index (χ1v) is 17.8. The Balaban J connectivity index is 2.94. The lowest BCUT2D eigenvalue weighted by Crippen LogP contribution is -2.30. The van der Waals surface area contributed by atoms with E-state index in [4.69, 9.17) is 0 Å². The Hall–Kier alpha value is 0.140. The third-order valence-corrected chi connectivity index (χ3v) is 14.4. The van der Waals surface area contributed by atoms with Crippen molar-refractivity contribution in [3.05, 3.63) is 23.2 Å². The highest BCUT2D eigenvalue weighted by Crippen LogP contribution is 2.74. The van der Waals surface area contributed by atoms with Crippen LogP contribution < -0.4 is 0 Å². The van der Waals surface area contributed by atoms with Crippen LogP contribution in [0.2, 0.25) is 0 Å². The van der Waals surface area contributed by atoms with Gasteiger partial charge in [0.1, 0.15) is 5.76 Å². The van der Waals surface area contributed by atoms with E-state index in [1.807, 2.05) is 0 Å². The van der Waals surface area contributed by atoms with Gasteiger partial charge in [0.15, 0.2) is 0 Å². The molecule has 0 spiro atoms. The first-order chi connectivity index (χ1) is 15.7. The molecule has 33 heavy (non-hydrogen) atoms. The summed E-state index contributed by atoms with van der Waals surface area (Å²) in [6, 6.07) is 0. The average Bonchev–Trinajstić information content (AvgIpc) is 2.75. The summed E-state index contributed by atoms with van der Waals surface area (Å²) in [4.78, 5) is 0. The average molecular weight is 497 g/mol. The Morgan fingerprint density at radius 3 is 1.88 bits per heavy atom. The fourth-order valence-corrected chi connectivity index (χ4v) is 13.5. The molecule has 1 N–H and O–H groups in total. The van der Waals surface area contributed by atoms with Gasteiger partial charge in [0, 0.05) is 11.0 Å². The summed E-state index contributed by atoms with van der Waals surface area (Å²) >= 11 is 0. The van der Waals surface area contributed by atoms with Crippen LogP contribution in [0.1, 0.15) is 145 Å². The van der Waals surface area contributed by atoms with Crippen LogP contribution in [-0.2, 0) is 0 Å². The van der Waals surface area contributed by atoms with Crippen LogP contribution >= 0.6 is 15.9 Å². The zero-order valence-corrected chi connectivity index (χ0v) is 25.3. The van der Waals surface area contributed by atoms with E-state index in [1.165, 1.54) is 108 Å². The van der Waals surface area contributed by atoms with Crippen molar-refractivity contribution < 1.29 is 5.11 Å². The van der Waals surface area contributed by atoms with Crippen LogP contribution in [0.5, 0.6) is 0 Å². The number of unbranched alkanes of at least 4 members (excludes halogenated alkanes) is 10. The zero-order valence-electron chi connectivity index (χ0n) is 23.4. The van der Waals surface area contributed by atoms with Gasteiger partial charge in [-0.3, -0.25) is 0 Å². The molecule has 3 atom stereocenters. The first kappa shape index (κ1) is 31.2. The molecule has 0 aromatic carbocycles. The van der Waals surface area contributed by atoms with Crippen molar-refractivity contribution >= 4 is 15.9 Å². The molecular formula is C30H58OP2. The highest BCUT2D eigenvalue weighted by molar-refractivity contribution is 8.23. The molecule has 0 fully saturated rings. The molecule has 0 aliphatic carbocycles. The van der Waals surface area contributed by atoms with Gasteiger partial charge in [0.2, 0.25) is 0 Å². The normalized spacial score (nSPS) is 19.8. The summed E-state index contributed by atoms with van der Waals surface area (Å²) in [7, 11) is 0.679. The predicted molar refractivity (Wildman–Crippen MR) is 157 cm³/mol. The van der Waals surface area contributed by atoms with E-state index in [0.717, 1.165) is 8.27 Å². The number of hydrogen-bond donors (Lipinski definition) is 1. The van der Waals surface area contributed by atoms with Crippen molar-refractivity contribution in [3.63, 3.8) is 0 Å². The van der Waals surface area contributed by atoms with E-state index in [2.05, 4.69) is 60.6 Å². The monoisotopic (exact) mass is 496 g/mol. The molecule has 1 nitrogen and oxygen atoms in total. The second kappa shape index (κ2) is 16.7. The minimum Gasteiger partial charge on any atom is -0.508 e. The summed E-state index contributed by atoms with van der Waals surface area (Å²) in [6.07, 6.45) is 25.9. The van der Waals surface area contributed by atoms with Gasteiger partial charge < -0.3 is 5.11 Å². The van der Waals surface area contributed by atoms with E-state index in [-0.39, 0.29) is 13.0 Å². The maximum absolute atomic E-state index is 11.2. The number of rotatable bonds is 19. The molecule has 0 saturated heterocycles. The number of aliphatic hydroxyl groups is 1. The van der Waals surface area contributed by atoms with Gasteiger partial charge in [-0.2, -0.15) is 0 Å². The standard InChI is InChI=1S/C30H58OP2/c1-8-11-14-15-16-17-20-25-32-33-27(29(4,5)23-18-12-9-2)22-21-26(31)28(33)30(6,7)24-19-13-10-3/h21-22,27,31-32H,8-20,23-25H2,1-7H3. The van der Waals surface area contributed by atoms with Crippen LogP contribution in [0.3, 0.4) is 0 Å². The van der Waals surface area contributed by atoms with E-state index in [1.54, 1.807) is 0 Å². The summed E-state index contributed by atoms with van der Waals surface area (Å²) in [5, 5.41) is 12.6. The third-order valence-electron chi connectivity index (χ3n) is 7.53. The predicted octanol–water partition coefficient (Wildman–Crippen LogP) is 11.7. The van der Waals surface area contributed by atoms with Crippen molar-refractivity contribution in [2.75, 3.05) is 6.16 Å². The molecule has 0 aromatic rings. The molecule has 1 rings (SSSR count). The molecule has 3 heteroatoms. The quantitative estimate of drug-likeness (QED) is 0.139. The largest absolute Gasteiger partial charge is 0.508 e. The number of hydrogen-bond acceptors (Lipinski definition) is 1. The second-order valence-electron chi connectivity index (χ2n) is 11.7. The lowest BCUT2D eigenvalue weighted by atomic mass is 9.82. The summed E-state index contributed by atoms with van der Waals surface area (Å²) in [5.74, 6) is 0.621. The third kappa shape index (κ3) is 11.2. The van der Waals surface area contributed by atoms with Gasteiger partial charge in [-0.25, -0.2) is 0 Å². The maximum atomic E-state index is 11.2. The van der Waals surface area contributed by atoms with Gasteiger partial charge in [-0.15, -0.1) is 0 Å². The van der Waals surface area contributed by atoms with E-state index < -0.39 is 0 Å². The Kier molecular flexibility index (Phi) is 15.8. The van der Waals surface area contributed by atoms with Crippen LogP contribution in [0.15, 0.2) is 23.2 Å². The molecule has 1 aliphatic heterocycles. The fourth-order valence-electron chi connectivity index (χ4n) is 5.27. The van der Waals surface area contributed by atoms with E-state index in [9.17, 15) is 5.11 Å². The van der Waals surface area contributed by atoms with Crippen molar-refractivity contribution in [1.29, 1.82) is 0 Å².